The Balaban J connectivity index is 2.96. The van der Waals surface area contributed by atoms with Crippen LogP contribution in [0.3, 0.4) is 0 Å². The van der Waals surface area contributed by atoms with Gasteiger partial charge < -0.3 is 10.6 Å². The van der Waals surface area contributed by atoms with E-state index >= 15 is 0 Å². The summed E-state index contributed by atoms with van der Waals surface area (Å²) in [5, 5.41) is 0.371. The van der Waals surface area contributed by atoms with Gasteiger partial charge in [-0.2, -0.15) is 0 Å². The second-order valence-electron chi connectivity index (χ2n) is 3.21. The van der Waals surface area contributed by atoms with E-state index < -0.39 is 0 Å². The molecule has 1 aromatic rings. The zero-order valence-corrected chi connectivity index (χ0v) is 9.29. The first-order valence-electron chi connectivity index (χ1n) is 4.47. The number of nitrogen functional groups attached to an aromatic ring is 1. The Kier molecular flexibility index (Phi) is 3.74. The summed E-state index contributed by atoms with van der Waals surface area (Å²) in [5.74, 6) is -0.139. The molecule has 0 heterocycles. The van der Waals surface area contributed by atoms with Gasteiger partial charge in [-0.1, -0.05) is 17.7 Å². The lowest BCUT2D eigenvalue weighted by Crippen LogP contribution is -2.26. The van der Waals surface area contributed by atoms with Crippen molar-refractivity contribution >= 4 is 23.2 Å². The van der Waals surface area contributed by atoms with Crippen LogP contribution in [0.5, 0.6) is 0 Å². The minimum Gasteiger partial charge on any atom is -0.399 e. The summed E-state index contributed by atoms with van der Waals surface area (Å²) < 4.78 is 0. The number of hydrogen-bond acceptors (Lipinski definition) is 2. The monoisotopic (exact) mass is 224 g/mol. The number of amides is 1. The summed E-state index contributed by atoms with van der Waals surface area (Å²) >= 11 is 5.92. The van der Waals surface area contributed by atoms with Crippen LogP contribution in [0.2, 0.25) is 5.02 Å². The van der Waals surface area contributed by atoms with Crippen LogP contribution >= 0.6 is 11.6 Å². The third kappa shape index (κ3) is 2.73. The molecule has 0 aliphatic heterocycles. The normalized spacial score (nSPS) is 9.73. The van der Waals surface area contributed by atoms with E-state index in [0.29, 0.717) is 22.8 Å². The van der Waals surface area contributed by atoms with Gasteiger partial charge in [-0.15, -0.1) is 6.58 Å². The zero-order chi connectivity index (χ0) is 11.4. The smallest absolute Gasteiger partial charge is 0.255 e. The van der Waals surface area contributed by atoms with E-state index in [1.54, 1.807) is 31.3 Å². The predicted octanol–water partition coefficient (Wildman–Crippen LogP) is 2.18. The van der Waals surface area contributed by atoms with E-state index in [-0.39, 0.29) is 5.91 Å². The van der Waals surface area contributed by atoms with E-state index in [2.05, 4.69) is 6.58 Å². The molecule has 2 N–H and O–H groups in total. The van der Waals surface area contributed by atoms with Crippen molar-refractivity contribution in [3.63, 3.8) is 0 Å². The Bertz CT molecular complexity index is 390. The highest BCUT2D eigenvalue weighted by Gasteiger charge is 2.13. The van der Waals surface area contributed by atoms with Crippen LogP contribution in [-0.2, 0) is 0 Å². The number of nitrogens with two attached hydrogens (primary N) is 1. The van der Waals surface area contributed by atoms with E-state index in [0.717, 1.165) is 0 Å². The highest BCUT2D eigenvalue weighted by atomic mass is 35.5. The molecule has 0 saturated carbocycles. The molecule has 0 saturated heterocycles. The molecule has 1 aromatic carbocycles. The molecule has 15 heavy (non-hydrogen) atoms. The topological polar surface area (TPSA) is 46.3 Å². The van der Waals surface area contributed by atoms with Crippen LogP contribution in [0, 0.1) is 0 Å². The number of carbonyl (C=O) groups is 1. The van der Waals surface area contributed by atoms with Gasteiger partial charge in [0.2, 0.25) is 0 Å². The zero-order valence-electron chi connectivity index (χ0n) is 8.53. The van der Waals surface area contributed by atoms with Gasteiger partial charge in [0.1, 0.15) is 0 Å². The number of carbonyl (C=O) groups excluding carboxylic acids is 1. The Morgan fingerprint density at radius 2 is 2.33 bits per heavy atom. The largest absolute Gasteiger partial charge is 0.399 e. The standard InChI is InChI=1S/C11H13ClN2O/c1-3-6-14(2)11(15)9-5-4-8(13)7-10(9)12/h3-5,7H,1,6,13H2,2H3. The van der Waals surface area contributed by atoms with Crippen molar-refractivity contribution in [2.45, 2.75) is 0 Å². The lowest BCUT2D eigenvalue weighted by atomic mass is 10.2. The van der Waals surface area contributed by atoms with E-state index in [4.69, 9.17) is 17.3 Å². The maximum Gasteiger partial charge on any atom is 0.255 e. The number of likely N-dealkylation sites (N-methyl/N-ethyl adjacent to an activating group) is 1. The van der Waals surface area contributed by atoms with Gasteiger partial charge in [0.25, 0.3) is 5.91 Å². The number of nitrogens with zero attached hydrogens (tertiary/aromatic N) is 1. The molecule has 0 atom stereocenters. The van der Waals surface area contributed by atoms with Crippen molar-refractivity contribution in [1.82, 2.24) is 4.90 Å². The molecular weight excluding hydrogens is 212 g/mol. The first kappa shape index (κ1) is 11.6. The van der Waals surface area contributed by atoms with Crippen LogP contribution in [0.25, 0.3) is 0 Å². The van der Waals surface area contributed by atoms with Crippen LogP contribution < -0.4 is 5.73 Å². The summed E-state index contributed by atoms with van der Waals surface area (Å²) in [6.07, 6.45) is 1.66. The van der Waals surface area contributed by atoms with Crippen molar-refractivity contribution in [2.24, 2.45) is 0 Å². The molecule has 0 radical (unpaired) electrons. The summed E-state index contributed by atoms with van der Waals surface area (Å²) in [6.45, 7) is 4.05. The molecule has 1 amide bonds. The summed E-state index contributed by atoms with van der Waals surface area (Å²) in [4.78, 5) is 13.4. The third-order valence-electron chi connectivity index (χ3n) is 1.97. The molecular formula is C11H13ClN2O. The number of benzene rings is 1. The fraction of sp³-hybridized carbons (Fsp3) is 0.182. The van der Waals surface area contributed by atoms with Gasteiger partial charge in [0.15, 0.2) is 0 Å². The predicted molar refractivity (Wildman–Crippen MR) is 63.0 cm³/mol. The average molecular weight is 225 g/mol. The second-order valence-corrected chi connectivity index (χ2v) is 3.62. The SMILES string of the molecule is C=CCN(C)C(=O)c1ccc(N)cc1Cl. The molecule has 0 aliphatic rings. The number of hydrogen-bond donors (Lipinski definition) is 1. The molecule has 80 valence electrons. The number of halogens is 1. The van der Waals surface area contributed by atoms with Gasteiger partial charge in [-0.25, -0.2) is 0 Å². The summed E-state index contributed by atoms with van der Waals surface area (Å²) in [6, 6.07) is 4.84. The summed E-state index contributed by atoms with van der Waals surface area (Å²) in [7, 11) is 1.69. The maximum absolute atomic E-state index is 11.8. The molecule has 3 nitrogen and oxygen atoms in total. The molecule has 0 spiro atoms. The minimum absolute atomic E-state index is 0.139. The molecule has 0 aliphatic carbocycles. The Morgan fingerprint density at radius 1 is 1.67 bits per heavy atom. The number of rotatable bonds is 3. The lowest BCUT2D eigenvalue weighted by molar-refractivity contribution is 0.0810. The van der Waals surface area contributed by atoms with E-state index in [1.165, 1.54) is 4.90 Å². The van der Waals surface area contributed by atoms with Crippen LogP contribution in [0.15, 0.2) is 30.9 Å². The van der Waals surface area contributed by atoms with Gasteiger partial charge in [0, 0.05) is 19.3 Å². The fourth-order valence-corrected chi connectivity index (χ4v) is 1.46. The molecule has 0 unspecified atom stereocenters. The first-order valence-corrected chi connectivity index (χ1v) is 4.85. The summed E-state index contributed by atoms with van der Waals surface area (Å²) in [5.41, 5.74) is 6.54. The highest BCUT2D eigenvalue weighted by Crippen LogP contribution is 2.20. The van der Waals surface area contributed by atoms with Crippen molar-refractivity contribution in [3.05, 3.63) is 41.4 Å². The van der Waals surface area contributed by atoms with Gasteiger partial charge in [0.05, 0.1) is 10.6 Å². The maximum atomic E-state index is 11.8. The van der Waals surface area contributed by atoms with Gasteiger partial charge in [-0.05, 0) is 18.2 Å². The number of anilines is 1. The first-order chi connectivity index (χ1) is 7.06. The van der Waals surface area contributed by atoms with Crippen LogP contribution in [0.1, 0.15) is 10.4 Å². The fourth-order valence-electron chi connectivity index (χ4n) is 1.19. The Labute approximate surface area is 94.1 Å². The van der Waals surface area contributed by atoms with Crippen LogP contribution in [0.4, 0.5) is 5.69 Å². The Morgan fingerprint density at radius 3 is 2.87 bits per heavy atom. The van der Waals surface area contributed by atoms with E-state index in [1.807, 2.05) is 0 Å². The van der Waals surface area contributed by atoms with Crippen molar-refractivity contribution < 1.29 is 4.79 Å². The van der Waals surface area contributed by atoms with E-state index in [9.17, 15) is 4.79 Å². The molecule has 0 aromatic heterocycles. The van der Waals surface area contributed by atoms with Crippen molar-refractivity contribution in [3.8, 4) is 0 Å². The quantitative estimate of drug-likeness (QED) is 0.632. The molecule has 4 heteroatoms. The third-order valence-corrected chi connectivity index (χ3v) is 2.29. The van der Waals surface area contributed by atoms with Crippen molar-refractivity contribution in [1.29, 1.82) is 0 Å². The van der Waals surface area contributed by atoms with Gasteiger partial charge >= 0.3 is 0 Å². The highest BCUT2D eigenvalue weighted by molar-refractivity contribution is 6.34. The molecule has 1 rings (SSSR count). The van der Waals surface area contributed by atoms with Gasteiger partial charge in [-0.3, -0.25) is 4.79 Å². The lowest BCUT2D eigenvalue weighted by Gasteiger charge is -2.15. The minimum atomic E-state index is -0.139. The molecule has 0 bridgehead atoms. The average Bonchev–Trinajstić information content (AvgIpc) is 2.17. The molecule has 0 fully saturated rings. The Hall–Kier alpha value is -1.48. The second kappa shape index (κ2) is 4.84. The van der Waals surface area contributed by atoms with Crippen molar-refractivity contribution in [2.75, 3.05) is 19.3 Å². The van der Waals surface area contributed by atoms with Crippen LogP contribution in [-0.4, -0.2) is 24.4 Å².